The summed E-state index contributed by atoms with van der Waals surface area (Å²) in [6, 6.07) is 0. The standard InChI is InChI=1S/C20H29B4F3O8S/c1-19(2-3-34-19)9-33-17(28)15-12(6-23)10(4-21)11(5-22)13(7-24)16(15)18(29)35-14(20(25,26)27)8-36(30,31)32/h14H,2-9,21-24H2,1H3,(H,30,31,32). The van der Waals surface area contributed by atoms with Crippen LogP contribution in [0, 0.1) is 0 Å². The third-order valence-electron chi connectivity index (χ3n) is 6.34. The molecule has 1 N–H and O–H groups in total. The lowest BCUT2D eigenvalue weighted by Gasteiger charge is -2.37. The summed E-state index contributed by atoms with van der Waals surface area (Å²) in [4.78, 5) is 26.6. The first-order valence-electron chi connectivity index (χ1n) is 11.9. The second-order valence-corrected chi connectivity index (χ2v) is 10.4. The molecule has 36 heavy (non-hydrogen) atoms. The summed E-state index contributed by atoms with van der Waals surface area (Å²) in [5.74, 6) is -4.28. The Labute approximate surface area is 212 Å². The number of carbonyl (C=O) groups is 2. The molecule has 196 valence electrons. The van der Waals surface area contributed by atoms with Crippen molar-refractivity contribution in [3.63, 3.8) is 0 Å². The first kappa shape index (κ1) is 30.3. The second kappa shape index (κ2) is 11.6. The Balaban J connectivity index is 2.70. The van der Waals surface area contributed by atoms with Crippen LogP contribution < -0.4 is 0 Å². The Hall–Kier alpha value is -1.92. The van der Waals surface area contributed by atoms with E-state index in [1.165, 1.54) is 0 Å². The molecule has 2 rings (SSSR count). The van der Waals surface area contributed by atoms with Gasteiger partial charge in [-0.25, -0.2) is 9.59 Å². The monoisotopic (exact) mass is 530 g/mol. The normalized spacial score (nSPS) is 18.8. The van der Waals surface area contributed by atoms with Gasteiger partial charge in [0.25, 0.3) is 10.1 Å². The van der Waals surface area contributed by atoms with Gasteiger partial charge in [-0.2, -0.15) is 21.6 Å². The van der Waals surface area contributed by atoms with Crippen molar-refractivity contribution in [3.05, 3.63) is 33.4 Å². The third kappa shape index (κ3) is 6.89. The number of hydrogen-bond acceptors (Lipinski definition) is 7. The minimum atomic E-state index is -5.28. The number of rotatable bonds is 11. The summed E-state index contributed by atoms with van der Waals surface area (Å²) in [6.45, 7) is 2.14. The quantitative estimate of drug-likeness (QED) is 0.210. The molecule has 1 aromatic rings. The van der Waals surface area contributed by atoms with Gasteiger partial charge in [-0.15, -0.1) is 0 Å². The number of ether oxygens (including phenoxy) is 3. The van der Waals surface area contributed by atoms with Crippen LogP contribution in [0.4, 0.5) is 13.2 Å². The Morgan fingerprint density at radius 3 is 1.78 bits per heavy atom. The SMILES string of the molecule is BCc1c(CB)c(CB)c(C(=O)OC(CS(=O)(=O)O)C(F)(F)F)c(C(=O)OCC2(C)CCO2)c1CB. The molecule has 1 aromatic carbocycles. The molecule has 2 atom stereocenters. The van der Waals surface area contributed by atoms with Gasteiger partial charge in [-0.1, -0.05) is 25.3 Å². The molecule has 16 heteroatoms. The second-order valence-electron chi connectivity index (χ2n) is 8.89. The van der Waals surface area contributed by atoms with Crippen molar-refractivity contribution >= 4 is 53.4 Å². The van der Waals surface area contributed by atoms with Crippen LogP contribution in [0.3, 0.4) is 0 Å². The molecule has 0 bridgehead atoms. The van der Waals surface area contributed by atoms with Crippen molar-refractivity contribution in [2.45, 2.75) is 56.5 Å². The number of benzene rings is 1. The van der Waals surface area contributed by atoms with E-state index in [-0.39, 0.29) is 30.4 Å². The highest BCUT2D eigenvalue weighted by atomic mass is 32.2. The molecule has 8 nitrogen and oxygen atoms in total. The van der Waals surface area contributed by atoms with Crippen molar-refractivity contribution < 1.29 is 49.9 Å². The zero-order valence-electron chi connectivity index (χ0n) is 21.1. The lowest BCUT2D eigenvalue weighted by Crippen LogP contribution is -2.45. The number of halogens is 3. The minimum absolute atomic E-state index is 0.115. The van der Waals surface area contributed by atoms with Crippen molar-refractivity contribution in [1.82, 2.24) is 0 Å². The summed E-state index contributed by atoms with van der Waals surface area (Å²) < 4.78 is 87.4. The van der Waals surface area contributed by atoms with E-state index >= 15 is 0 Å². The smallest absolute Gasteiger partial charge is 0.426 e. The van der Waals surface area contributed by atoms with Crippen LogP contribution in [0.15, 0.2) is 0 Å². The highest BCUT2D eigenvalue weighted by Crippen LogP contribution is 2.33. The average molecular weight is 530 g/mol. The predicted octanol–water partition coefficient (Wildman–Crippen LogP) is -1.47. The van der Waals surface area contributed by atoms with Crippen LogP contribution in [-0.4, -0.2) is 93.1 Å². The van der Waals surface area contributed by atoms with Crippen LogP contribution in [0.1, 0.15) is 56.3 Å². The van der Waals surface area contributed by atoms with E-state index in [0.717, 1.165) is 5.56 Å². The number of hydrogen-bond donors (Lipinski definition) is 1. The fourth-order valence-corrected chi connectivity index (χ4v) is 5.12. The highest BCUT2D eigenvalue weighted by Gasteiger charge is 2.46. The molecule has 0 amide bonds. The van der Waals surface area contributed by atoms with E-state index in [1.807, 2.05) is 15.7 Å². The number of esters is 2. The predicted molar refractivity (Wildman–Crippen MR) is 136 cm³/mol. The maximum atomic E-state index is 13.5. The van der Waals surface area contributed by atoms with Gasteiger partial charge in [0.2, 0.25) is 6.10 Å². The largest absolute Gasteiger partial charge is 0.459 e. The van der Waals surface area contributed by atoms with E-state index < -0.39 is 45.7 Å². The van der Waals surface area contributed by atoms with Crippen LogP contribution in [0.2, 0.25) is 0 Å². The molecule has 0 spiro atoms. The van der Waals surface area contributed by atoms with Crippen molar-refractivity contribution in [2.75, 3.05) is 19.0 Å². The van der Waals surface area contributed by atoms with Gasteiger partial charge in [0, 0.05) is 6.42 Å². The molecular formula is C20H29B4F3O8S. The van der Waals surface area contributed by atoms with E-state index in [9.17, 15) is 31.2 Å². The zero-order valence-corrected chi connectivity index (χ0v) is 21.9. The minimum Gasteiger partial charge on any atom is -0.459 e. The maximum absolute atomic E-state index is 13.5. The Morgan fingerprint density at radius 2 is 1.44 bits per heavy atom. The molecule has 1 heterocycles. The van der Waals surface area contributed by atoms with Crippen molar-refractivity contribution in [3.8, 4) is 0 Å². The summed E-state index contributed by atoms with van der Waals surface area (Å²) in [5, 5.41) is 0. The van der Waals surface area contributed by atoms with Gasteiger partial charge in [0.05, 0.1) is 17.7 Å². The van der Waals surface area contributed by atoms with E-state index in [0.29, 0.717) is 42.4 Å². The van der Waals surface area contributed by atoms with Gasteiger partial charge in [0.15, 0.2) is 0 Å². The molecule has 1 aliphatic rings. The topological polar surface area (TPSA) is 116 Å². The molecule has 0 radical (unpaired) electrons. The molecule has 1 saturated heterocycles. The van der Waals surface area contributed by atoms with Crippen LogP contribution >= 0.6 is 0 Å². The van der Waals surface area contributed by atoms with E-state index in [4.69, 9.17) is 14.0 Å². The first-order chi connectivity index (χ1) is 16.6. The zero-order chi connectivity index (χ0) is 27.5. The van der Waals surface area contributed by atoms with Crippen LogP contribution in [0.25, 0.3) is 0 Å². The summed E-state index contributed by atoms with van der Waals surface area (Å²) in [6.07, 6.45) is -6.34. The number of carbonyl (C=O) groups excluding carboxylic acids is 2. The Kier molecular flexibility index (Phi) is 9.80. The lowest BCUT2D eigenvalue weighted by molar-refractivity contribution is -0.197. The summed E-state index contributed by atoms with van der Waals surface area (Å²) >= 11 is 0. The molecule has 2 unspecified atom stereocenters. The van der Waals surface area contributed by atoms with Gasteiger partial charge in [0.1, 0.15) is 49.3 Å². The molecule has 0 saturated carbocycles. The lowest BCUT2D eigenvalue weighted by atomic mass is 9.72. The van der Waals surface area contributed by atoms with Gasteiger partial charge < -0.3 is 14.2 Å². The highest BCUT2D eigenvalue weighted by molar-refractivity contribution is 7.85. The van der Waals surface area contributed by atoms with E-state index in [2.05, 4.69) is 4.74 Å². The number of alkyl halides is 3. The van der Waals surface area contributed by atoms with E-state index in [1.54, 1.807) is 22.6 Å². The molecule has 1 aliphatic heterocycles. The van der Waals surface area contributed by atoms with Crippen LogP contribution in [0.5, 0.6) is 0 Å². The van der Waals surface area contributed by atoms with Gasteiger partial charge in [-0.05, 0) is 29.2 Å². The Morgan fingerprint density at radius 1 is 1.00 bits per heavy atom. The molecular weight excluding hydrogens is 501 g/mol. The van der Waals surface area contributed by atoms with Crippen molar-refractivity contribution in [1.29, 1.82) is 0 Å². The maximum Gasteiger partial charge on any atom is 0.426 e. The molecule has 0 aromatic heterocycles. The Bertz CT molecular complexity index is 1110. The molecule has 1 fully saturated rings. The fraction of sp³-hybridized carbons (Fsp3) is 0.600. The van der Waals surface area contributed by atoms with Crippen molar-refractivity contribution in [2.24, 2.45) is 0 Å². The molecule has 0 aliphatic carbocycles. The summed E-state index contributed by atoms with van der Waals surface area (Å²) in [7, 11) is 2.00. The summed E-state index contributed by atoms with van der Waals surface area (Å²) in [5.41, 5.74) is 1.06. The third-order valence-corrected chi connectivity index (χ3v) is 7.06. The van der Waals surface area contributed by atoms with Gasteiger partial charge in [-0.3, -0.25) is 4.55 Å². The van der Waals surface area contributed by atoms with Gasteiger partial charge >= 0.3 is 18.1 Å². The first-order valence-corrected chi connectivity index (χ1v) is 13.5. The fourth-order valence-electron chi connectivity index (χ4n) is 4.48. The van der Waals surface area contributed by atoms with Crippen LogP contribution in [-0.2, 0) is 49.6 Å². The average Bonchev–Trinajstić information content (AvgIpc) is 2.76.